The number of benzene rings is 4. The highest BCUT2D eigenvalue weighted by molar-refractivity contribution is 7.99. The summed E-state index contributed by atoms with van der Waals surface area (Å²) in [6, 6.07) is 21.3. The van der Waals surface area contributed by atoms with Gasteiger partial charge in [-0.25, -0.2) is 9.37 Å². The molecule has 0 unspecified atom stereocenters. The van der Waals surface area contributed by atoms with Gasteiger partial charge in [-0.2, -0.15) is 0 Å². The topological polar surface area (TPSA) is 130 Å². The monoisotopic (exact) mass is 670 g/mol. The Kier molecular flexibility index (Phi) is 9.76. The first-order valence-corrected chi connectivity index (χ1v) is 15.9. The number of thioether (sulfide) groups is 1. The molecule has 0 atom stereocenters. The number of amides is 2. The minimum absolute atomic E-state index is 0.0428. The number of nitrogens with one attached hydrogen (secondary N) is 2. The zero-order valence-corrected chi connectivity index (χ0v) is 26.9. The van der Waals surface area contributed by atoms with Crippen molar-refractivity contribution in [2.24, 2.45) is 0 Å². The Balaban J connectivity index is 1.16. The van der Waals surface area contributed by atoms with Crippen molar-refractivity contribution in [2.45, 2.75) is 18.1 Å². The SMILES string of the molecule is COc1ccc(CCNC(=O)c2ccc(Cn3c(SCC(=O)Nc4ccc(F)cc4)nc4cc5c(cc4c3=O)OCO5)cc2)cc1OC. The molecule has 13 heteroatoms. The molecule has 1 aliphatic heterocycles. The van der Waals surface area contributed by atoms with Crippen LogP contribution in [0.4, 0.5) is 10.1 Å². The van der Waals surface area contributed by atoms with Crippen LogP contribution in [0.2, 0.25) is 0 Å². The molecular formula is C35H31FN4O7S. The molecule has 0 saturated heterocycles. The number of fused-ring (bicyclic) bond motifs is 2. The number of nitrogens with zero attached hydrogens (tertiary/aromatic N) is 2. The van der Waals surface area contributed by atoms with Gasteiger partial charge in [-0.3, -0.25) is 19.0 Å². The van der Waals surface area contributed by atoms with E-state index in [1.165, 1.54) is 28.8 Å². The molecule has 0 spiro atoms. The fraction of sp³-hybridized carbons (Fsp3) is 0.200. The van der Waals surface area contributed by atoms with E-state index >= 15 is 0 Å². The number of rotatable bonds is 12. The standard InChI is InChI=1S/C35H31FN4O7S/c1-44-28-12-5-21(15-29(28)45-2)13-14-37-33(42)23-6-3-22(4-7-23)18-40-34(43)26-16-30-31(47-20-46-30)17-27(26)39-35(40)48-19-32(41)38-25-10-8-24(36)9-11-25/h3-12,15-17H,13-14,18-20H2,1-2H3,(H,37,42)(H,38,41). The lowest BCUT2D eigenvalue weighted by Gasteiger charge is -2.14. The van der Waals surface area contributed by atoms with E-state index in [1.54, 1.807) is 50.6 Å². The molecule has 246 valence electrons. The number of carbonyl (C=O) groups excluding carboxylic acids is 2. The van der Waals surface area contributed by atoms with Gasteiger partial charge in [0.25, 0.3) is 11.5 Å². The second kappa shape index (κ2) is 14.5. The van der Waals surface area contributed by atoms with Gasteiger partial charge in [0.15, 0.2) is 28.2 Å². The molecule has 0 aliphatic carbocycles. The molecule has 11 nitrogen and oxygen atoms in total. The number of halogens is 1. The van der Waals surface area contributed by atoms with Gasteiger partial charge in [0.1, 0.15) is 5.82 Å². The number of carbonyl (C=O) groups is 2. The first-order chi connectivity index (χ1) is 23.3. The van der Waals surface area contributed by atoms with Crippen LogP contribution in [-0.4, -0.2) is 54.7 Å². The Morgan fingerprint density at radius 1 is 0.917 bits per heavy atom. The maximum atomic E-state index is 13.8. The first-order valence-electron chi connectivity index (χ1n) is 14.9. The van der Waals surface area contributed by atoms with Gasteiger partial charge in [-0.05, 0) is 72.1 Å². The summed E-state index contributed by atoms with van der Waals surface area (Å²) in [6.07, 6.45) is 0.602. The fourth-order valence-corrected chi connectivity index (χ4v) is 5.90. The molecule has 1 aliphatic rings. The molecular weight excluding hydrogens is 639 g/mol. The summed E-state index contributed by atoms with van der Waals surface area (Å²) < 4.78 is 36.3. The predicted octanol–water partition coefficient (Wildman–Crippen LogP) is 5.03. The van der Waals surface area contributed by atoms with E-state index in [0.29, 0.717) is 63.3 Å². The van der Waals surface area contributed by atoms with Crippen molar-refractivity contribution in [3.05, 3.63) is 112 Å². The molecule has 0 saturated carbocycles. The number of methoxy groups -OCH3 is 2. The van der Waals surface area contributed by atoms with Crippen molar-refractivity contribution in [3.63, 3.8) is 0 Å². The predicted molar refractivity (Wildman–Crippen MR) is 179 cm³/mol. The largest absolute Gasteiger partial charge is 0.493 e. The summed E-state index contributed by atoms with van der Waals surface area (Å²) in [5, 5.41) is 6.30. The summed E-state index contributed by atoms with van der Waals surface area (Å²) in [7, 11) is 3.15. The number of ether oxygens (including phenoxy) is 4. The maximum Gasteiger partial charge on any atom is 0.262 e. The lowest BCUT2D eigenvalue weighted by atomic mass is 10.1. The number of hydrogen-bond acceptors (Lipinski definition) is 9. The van der Waals surface area contributed by atoms with E-state index in [9.17, 15) is 18.8 Å². The van der Waals surface area contributed by atoms with Gasteiger partial charge in [-0.15, -0.1) is 0 Å². The minimum Gasteiger partial charge on any atom is -0.493 e. The normalized spacial score (nSPS) is 11.7. The Morgan fingerprint density at radius 2 is 1.62 bits per heavy atom. The average Bonchev–Trinajstić information content (AvgIpc) is 3.56. The Labute approximate surface area is 279 Å². The summed E-state index contributed by atoms with van der Waals surface area (Å²) >= 11 is 1.09. The lowest BCUT2D eigenvalue weighted by Crippen LogP contribution is -2.26. The van der Waals surface area contributed by atoms with Crippen molar-refractivity contribution < 1.29 is 32.9 Å². The van der Waals surface area contributed by atoms with Crippen LogP contribution in [0.5, 0.6) is 23.0 Å². The molecule has 6 rings (SSSR count). The third-order valence-electron chi connectivity index (χ3n) is 7.58. The average molecular weight is 671 g/mol. The molecule has 2 amide bonds. The van der Waals surface area contributed by atoms with Crippen LogP contribution >= 0.6 is 11.8 Å². The Bertz CT molecular complexity index is 2040. The van der Waals surface area contributed by atoms with Gasteiger partial charge in [-0.1, -0.05) is 30.0 Å². The Morgan fingerprint density at radius 3 is 2.35 bits per heavy atom. The molecule has 5 aromatic rings. The van der Waals surface area contributed by atoms with Crippen LogP contribution in [0.1, 0.15) is 21.5 Å². The summed E-state index contributed by atoms with van der Waals surface area (Å²) in [4.78, 5) is 44.1. The molecule has 0 fully saturated rings. The summed E-state index contributed by atoms with van der Waals surface area (Å²) in [5.41, 5.74) is 2.74. The molecule has 2 N–H and O–H groups in total. The van der Waals surface area contributed by atoms with E-state index < -0.39 is 5.82 Å². The second-order valence-corrected chi connectivity index (χ2v) is 11.7. The van der Waals surface area contributed by atoms with E-state index in [0.717, 1.165) is 22.9 Å². The Hall–Kier alpha value is -5.56. The van der Waals surface area contributed by atoms with Crippen molar-refractivity contribution in [1.29, 1.82) is 0 Å². The van der Waals surface area contributed by atoms with Crippen LogP contribution in [0, 0.1) is 5.82 Å². The molecule has 1 aromatic heterocycles. The van der Waals surface area contributed by atoms with E-state index in [-0.39, 0.29) is 36.5 Å². The number of anilines is 1. The van der Waals surface area contributed by atoms with Crippen LogP contribution in [0.3, 0.4) is 0 Å². The van der Waals surface area contributed by atoms with Crippen LogP contribution < -0.4 is 35.1 Å². The highest BCUT2D eigenvalue weighted by Crippen LogP contribution is 2.35. The molecule has 0 bridgehead atoms. The van der Waals surface area contributed by atoms with Crippen molar-refractivity contribution in [2.75, 3.05) is 38.6 Å². The van der Waals surface area contributed by atoms with Gasteiger partial charge in [0.05, 0.1) is 37.4 Å². The first kappa shape index (κ1) is 32.4. The third kappa shape index (κ3) is 7.36. The van der Waals surface area contributed by atoms with E-state index in [4.69, 9.17) is 23.9 Å². The second-order valence-electron chi connectivity index (χ2n) is 10.7. The molecule has 4 aromatic carbocycles. The quantitative estimate of drug-likeness (QED) is 0.139. The summed E-state index contributed by atoms with van der Waals surface area (Å²) in [5.74, 6) is 1.15. The maximum absolute atomic E-state index is 13.8. The molecule has 2 heterocycles. The van der Waals surface area contributed by atoms with Gasteiger partial charge >= 0.3 is 0 Å². The smallest absolute Gasteiger partial charge is 0.262 e. The molecule has 0 radical (unpaired) electrons. The van der Waals surface area contributed by atoms with E-state index in [2.05, 4.69) is 10.6 Å². The third-order valence-corrected chi connectivity index (χ3v) is 8.55. The highest BCUT2D eigenvalue weighted by Gasteiger charge is 2.20. The zero-order chi connectivity index (χ0) is 33.6. The minimum atomic E-state index is -0.410. The number of aromatic nitrogens is 2. The van der Waals surface area contributed by atoms with Crippen molar-refractivity contribution in [1.82, 2.24) is 14.9 Å². The lowest BCUT2D eigenvalue weighted by molar-refractivity contribution is -0.113. The van der Waals surface area contributed by atoms with Crippen molar-refractivity contribution >= 4 is 40.2 Å². The van der Waals surface area contributed by atoms with Gasteiger partial charge < -0.3 is 29.6 Å². The molecule has 48 heavy (non-hydrogen) atoms. The van der Waals surface area contributed by atoms with Gasteiger partial charge in [0, 0.05) is 23.9 Å². The highest BCUT2D eigenvalue weighted by atomic mass is 32.2. The van der Waals surface area contributed by atoms with Crippen LogP contribution in [-0.2, 0) is 17.8 Å². The zero-order valence-electron chi connectivity index (χ0n) is 26.1. The fourth-order valence-electron chi connectivity index (χ4n) is 5.10. The van der Waals surface area contributed by atoms with E-state index in [1.807, 2.05) is 18.2 Å². The van der Waals surface area contributed by atoms with Crippen LogP contribution in [0.15, 0.2) is 88.8 Å². The van der Waals surface area contributed by atoms with Crippen LogP contribution in [0.25, 0.3) is 10.9 Å². The number of hydrogen-bond donors (Lipinski definition) is 2. The van der Waals surface area contributed by atoms with Gasteiger partial charge in [0.2, 0.25) is 12.7 Å². The summed E-state index contributed by atoms with van der Waals surface area (Å²) in [6.45, 7) is 0.600. The van der Waals surface area contributed by atoms with Crippen molar-refractivity contribution in [3.8, 4) is 23.0 Å².